The van der Waals surface area contributed by atoms with E-state index >= 15 is 0 Å². The van der Waals surface area contributed by atoms with Crippen LogP contribution in [0.25, 0.3) is 0 Å². The summed E-state index contributed by atoms with van der Waals surface area (Å²) in [6.07, 6.45) is 1.43. The number of ether oxygens (including phenoxy) is 2. The Morgan fingerprint density at radius 3 is 2.54 bits per heavy atom. The van der Waals surface area contributed by atoms with Gasteiger partial charge in [0.05, 0.1) is 11.9 Å². The zero-order chi connectivity index (χ0) is 18.3. The van der Waals surface area contributed by atoms with Crippen LogP contribution in [0.1, 0.15) is 11.3 Å². The van der Waals surface area contributed by atoms with E-state index < -0.39 is 10.0 Å². The molecule has 4 rings (SSSR count). The predicted molar refractivity (Wildman–Crippen MR) is 94.5 cm³/mol. The molecule has 0 unspecified atom stereocenters. The highest BCUT2D eigenvalue weighted by Crippen LogP contribution is 2.33. The molecule has 2 aliphatic heterocycles. The second-order valence-corrected chi connectivity index (χ2v) is 8.49. The van der Waals surface area contributed by atoms with Crippen molar-refractivity contribution in [2.75, 3.05) is 33.0 Å². The van der Waals surface area contributed by atoms with Gasteiger partial charge in [-0.3, -0.25) is 9.58 Å². The lowest BCUT2D eigenvalue weighted by atomic mass is 10.2. The summed E-state index contributed by atoms with van der Waals surface area (Å²) in [4.78, 5) is 2.55. The van der Waals surface area contributed by atoms with Crippen LogP contribution < -0.4 is 9.47 Å². The summed E-state index contributed by atoms with van der Waals surface area (Å²) in [6.45, 7) is 5.12. The van der Waals surface area contributed by atoms with Crippen LogP contribution >= 0.6 is 0 Å². The first-order valence-electron chi connectivity index (χ1n) is 8.55. The normalized spacial score (nSPS) is 18.4. The Kier molecular flexibility index (Phi) is 4.37. The first-order valence-corrected chi connectivity index (χ1v) is 9.99. The third kappa shape index (κ3) is 3.06. The fourth-order valence-corrected chi connectivity index (χ4v) is 4.90. The van der Waals surface area contributed by atoms with E-state index in [1.165, 1.54) is 6.20 Å². The summed E-state index contributed by atoms with van der Waals surface area (Å²) in [7, 11) is -1.74. The lowest BCUT2D eigenvalue weighted by Gasteiger charge is -2.33. The molecule has 0 aliphatic carbocycles. The van der Waals surface area contributed by atoms with Crippen molar-refractivity contribution in [3.8, 4) is 11.5 Å². The Labute approximate surface area is 153 Å². The summed E-state index contributed by atoms with van der Waals surface area (Å²) in [5.41, 5.74) is 1.79. The van der Waals surface area contributed by atoms with Gasteiger partial charge in [0, 0.05) is 39.8 Å². The molecule has 0 radical (unpaired) electrons. The van der Waals surface area contributed by atoms with Crippen molar-refractivity contribution >= 4 is 10.0 Å². The van der Waals surface area contributed by atoms with E-state index in [4.69, 9.17) is 9.47 Å². The average molecular weight is 378 g/mol. The van der Waals surface area contributed by atoms with Gasteiger partial charge in [-0.2, -0.15) is 9.40 Å². The molecule has 1 fully saturated rings. The molecule has 0 amide bonds. The van der Waals surface area contributed by atoms with Gasteiger partial charge in [0.15, 0.2) is 11.5 Å². The summed E-state index contributed by atoms with van der Waals surface area (Å²) < 4.78 is 39.6. The average Bonchev–Trinajstić information content (AvgIpc) is 3.22. The molecule has 0 atom stereocenters. The monoisotopic (exact) mass is 378 g/mol. The van der Waals surface area contributed by atoms with E-state index in [-0.39, 0.29) is 6.79 Å². The summed E-state index contributed by atoms with van der Waals surface area (Å²) in [5.74, 6) is 1.55. The van der Waals surface area contributed by atoms with E-state index in [9.17, 15) is 8.42 Å². The number of hydrogen-bond donors (Lipinski definition) is 0. The highest BCUT2D eigenvalue weighted by atomic mass is 32.2. The van der Waals surface area contributed by atoms with Crippen molar-refractivity contribution in [3.63, 3.8) is 0 Å². The van der Waals surface area contributed by atoms with Crippen LogP contribution in [0.2, 0.25) is 0 Å². The zero-order valence-electron chi connectivity index (χ0n) is 14.9. The molecule has 2 aliphatic rings. The quantitative estimate of drug-likeness (QED) is 0.789. The highest BCUT2D eigenvalue weighted by Gasteiger charge is 2.31. The molecule has 0 saturated carbocycles. The van der Waals surface area contributed by atoms with Crippen molar-refractivity contribution in [2.45, 2.75) is 18.4 Å². The second-order valence-electron chi connectivity index (χ2n) is 6.59. The third-order valence-electron chi connectivity index (χ3n) is 4.98. The van der Waals surface area contributed by atoms with Gasteiger partial charge in [-0.25, -0.2) is 8.42 Å². The van der Waals surface area contributed by atoms with Gasteiger partial charge in [-0.05, 0) is 24.6 Å². The molecule has 0 N–H and O–H groups in total. The largest absolute Gasteiger partial charge is 0.454 e. The maximum absolute atomic E-state index is 12.8. The maximum Gasteiger partial charge on any atom is 0.246 e. The molecule has 8 nitrogen and oxygen atoms in total. The number of fused-ring (bicyclic) bond motifs is 1. The van der Waals surface area contributed by atoms with Crippen LogP contribution in [0.15, 0.2) is 29.3 Å². The fraction of sp³-hybridized carbons (Fsp3) is 0.471. The molecule has 140 valence electrons. The number of piperazine rings is 1. The Morgan fingerprint density at radius 2 is 1.85 bits per heavy atom. The molecule has 1 aromatic carbocycles. The minimum atomic E-state index is -3.49. The smallest absolute Gasteiger partial charge is 0.246 e. The number of sulfonamides is 1. The molecule has 26 heavy (non-hydrogen) atoms. The maximum atomic E-state index is 12.8. The lowest BCUT2D eigenvalue weighted by Crippen LogP contribution is -2.48. The summed E-state index contributed by atoms with van der Waals surface area (Å²) in [6, 6.07) is 5.93. The second kappa shape index (κ2) is 6.57. The van der Waals surface area contributed by atoms with Crippen molar-refractivity contribution in [1.29, 1.82) is 0 Å². The Bertz CT molecular complexity index is 917. The van der Waals surface area contributed by atoms with Gasteiger partial charge in [0.1, 0.15) is 4.90 Å². The van der Waals surface area contributed by atoms with Crippen LogP contribution in [0.4, 0.5) is 0 Å². The molecule has 1 saturated heterocycles. The molecule has 1 aromatic heterocycles. The van der Waals surface area contributed by atoms with Gasteiger partial charge in [0.2, 0.25) is 16.8 Å². The van der Waals surface area contributed by atoms with E-state index in [1.807, 2.05) is 18.2 Å². The Hall–Kier alpha value is -2.10. The minimum Gasteiger partial charge on any atom is -0.454 e. The third-order valence-corrected chi connectivity index (χ3v) is 6.98. The molecule has 9 heteroatoms. The van der Waals surface area contributed by atoms with Crippen LogP contribution in [0.3, 0.4) is 0 Å². The van der Waals surface area contributed by atoms with Gasteiger partial charge in [-0.15, -0.1) is 0 Å². The van der Waals surface area contributed by atoms with Gasteiger partial charge in [0.25, 0.3) is 0 Å². The molecule has 0 spiro atoms. The van der Waals surface area contributed by atoms with Crippen molar-refractivity contribution in [2.24, 2.45) is 7.05 Å². The number of aryl methyl sites for hydroxylation is 1. The summed E-state index contributed by atoms with van der Waals surface area (Å²) in [5, 5.41) is 4.05. The zero-order valence-corrected chi connectivity index (χ0v) is 15.7. The van der Waals surface area contributed by atoms with Crippen molar-refractivity contribution < 1.29 is 17.9 Å². The Balaban J connectivity index is 1.40. The lowest BCUT2D eigenvalue weighted by molar-refractivity contribution is 0.173. The SMILES string of the molecule is Cc1c(S(=O)(=O)N2CCN(Cc3ccc4c(c3)OCO4)CC2)cnn1C. The Morgan fingerprint density at radius 1 is 1.12 bits per heavy atom. The number of rotatable bonds is 4. The van der Waals surface area contributed by atoms with Crippen molar-refractivity contribution in [3.05, 3.63) is 35.7 Å². The van der Waals surface area contributed by atoms with E-state index in [0.717, 1.165) is 23.6 Å². The number of hydrogen-bond acceptors (Lipinski definition) is 6. The number of benzene rings is 1. The molecule has 3 heterocycles. The highest BCUT2D eigenvalue weighted by molar-refractivity contribution is 7.89. The van der Waals surface area contributed by atoms with Crippen LogP contribution in [-0.2, 0) is 23.6 Å². The van der Waals surface area contributed by atoms with Gasteiger partial charge in [-0.1, -0.05) is 6.07 Å². The molecular weight excluding hydrogens is 356 g/mol. The summed E-state index contributed by atoms with van der Waals surface area (Å²) >= 11 is 0. The van der Waals surface area contributed by atoms with E-state index in [0.29, 0.717) is 36.8 Å². The molecule has 0 bridgehead atoms. The first-order chi connectivity index (χ1) is 12.4. The van der Waals surface area contributed by atoms with Crippen LogP contribution in [-0.4, -0.2) is 60.4 Å². The molecule has 2 aromatic rings. The standard InChI is InChI=1S/C17H22N4O4S/c1-13-17(10-18-19(13)2)26(22,23)21-7-5-20(6-8-21)11-14-3-4-15-16(9-14)25-12-24-15/h3-4,9-10H,5-8,11-12H2,1-2H3. The van der Waals surface area contributed by atoms with Crippen LogP contribution in [0.5, 0.6) is 11.5 Å². The first kappa shape index (κ1) is 17.3. The van der Waals surface area contributed by atoms with Gasteiger partial charge < -0.3 is 9.47 Å². The fourth-order valence-electron chi connectivity index (χ4n) is 3.30. The number of aromatic nitrogens is 2. The van der Waals surface area contributed by atoms with E-state index in [1.54, 1.807) is 23.0 Å². The van der Waals surface area contributed by atoms with E-state index in [2.05, 4.69) is 10.00 Å². The minimum absolute atomic E-state index is 0.267. The molecular formula is C17H22N4O4S. The van der Waals surface area contributed by atoms with Crippen LogP contribution in [0, 0.1) is 6.92 Å². The topological polar surface area (TPSA) is 76.9 Å². The van der Waals surface area contributed by atoms with Crippen molar-refractivity contribution in [1.82, 2.24) is 19.0 Å². The van der Waals surface area contributed by atoms with Gasteiger partial charge >= 0.3 is 0 Å². The predicted octanol–water partition coefficient (Wildman–Crippen LogP) is 0.964. The number of nitrogens with zero attached hydrogens (tertiary/aromatic N) is 4.